The van der Waals surface area contributed by atoms with Crippen LogP contribution in [-0.4, -0.2) is 12.6 Å². The average Bonchev–Trinajstić information content (AvgIpc) is 2.64. The van der Waals surface area contributed by atoms with Crippen molar-refractivity contribution in [2.24, 2.45) is 5.92 Å². The van der Waals surface area contributed by atoms with Crippen LogP contribution in [0.3, 0.4) is 0 Å². The largest absolute Gasteiger partial charge is 0.313 e. The highest BCUT2D eigenvalue weighted by Crippen LogP contribution is 2.08. The van der Waals surface area contributed by atoms with Gasteiger partial charge in [0.15, 0.2) is 0 Å². The van der Waals surface area contributed by atoms with Crippen LogP contribution in [0.1, 0.15) is 32.8 Å². The van der Waals surface area contributed by atoms with Gasteiger partial charge in [0.2, 0.25) is 0 Å². The van der Waals surface area contributed by atoms with Crippen molar-refractivity contribution >= 4 is 11.3 Å². The summed E-state index contributed by atoms with van der Waals surface area (Å²) < 4.78 is 0. The number of hydrogen-bond donors (Lipinski definition) is 1. The number of rotatable bonds is 6. The summed E-state index contributed by atoms with van der Waals surface area (Å²) in [5.74, 6) is 0.738. The molecular weight excluding hydrogens is 190 g/mol. The standard InChI is InChI=1S/C12H21NS/c1-4-12(10(2)3)13-7-5-11-6-8-14-9-11/h6,8-10,12-13H,4-5,7H2,1-3H3. The monoisotopic (exact) mass is 211 g/mol. The van der Waals surface area contributed by atoms with Crippen molar-refractivity contribution in [3.63, 3.8) is 0 Å². The van der Waals surface area contributed by atoms with Crippen LogP contribution in [0, 0.1) is 5.92 Å². The van der Waals surface area contributed by atoms with Gasteiger partial charge in [-0.15, -0.1) is 0 Å². The summed E-state index contributed by atoms with van der Waals surface area (Å²) in [4.78, 5) is 0. The van der Waals surface area contributed by atoms with Gasteiger partial charge in [-0.2, -0.15) is 11.3 Å². The van der Waals surface area contributed by atoms with Crippen molar-refractivity contribution in [3.05, 3.63) is 22.4 Å². The fourth-order valence-electron chi connectivity index (χ4n) is 1.69. The lowest BCUT2D eigenvalue weighted by Gasteiger charge is -2.20. The van der Waals surface area contributed by atoms with E-state index in [2.05, 4.69) is 42.9 Å². The van der Waals surface area contributed by atoms with Gasteiger partial charge in [0.05, 0.1) is 0 Å². The lowest BCUT2D eigenvalue weighted by molar-refractivity contribution is 0.391. The van der Waals surface area contributed by atoms with E-state index in [0.717, 1.165) is 18.9 Å². The van der Waals surface area contributed by atoms with Gasteiger partial charge in [-0.1, -0.05) is 20.8 Å². The summed E-state index contributed by atoms with van der Waals surface area (Å²) >= 11 is 1.78. The molecule has 14 heavy (non-hydrogen) atoms. The van der Waals surface area contributed by atoms with E-state index in [9.17, 15) is 0 Å². The normalized spacial score (nSPS) is 13.4. The molecule has 0 bridgehead atoms. The smallest absolute Gasteiger partial charge is 0.00875 e. The molecule has 0 fully saturated rings. The van der Waals surface area contributed by atoms with Gasteiger partial charge in [-0.3, -0.25) is 0 Å². The highest BCUT2D eigenvalue weighted by atomic mass is 32.1. The molecule has 0 saturated heterocycles. The molecule has 1 unspecified atom stereocenters. The van der Waals surface area contributed by atoms with Crippen LogP contribution in [0.4, 0.5) is 0 Å². The van der Waals surface area contributed by atoms with Crippen LogP contribution in [0.15, 0.2) is 16.8 Å². The van der Waals surface area contributed by atoms with Gasteiger partial charge in [0, 0.05) is 6.04 Å². The molecule has 1 rings (SSSR count). The van der Waals surface area contributed by atoms with Crippen molar-refractivity contribution in [2.45, 2.75) is 39.7 Å². The first-order valence-corrected chi connectivity index (χ1v) is 6.42. The van der Waals surface area contributed by atoms with E-state index in [4.69, 9.17) is 0 Å². The lowest BCUT2D eigenvalue weighted by Crippen LogP contribution is -2.34. The summed E-state index contributed by atoms with van der Waals surface area (Å²) in [6.45, 7) is 7.92. The summed E-state index contributed by atoms with van der Waals surface area (Å²) in [5.41, 5.74) is 1.46. The van der Waals surface area contributed by atoms with E-state index in [1.165, 1.54) is 12.0 Å². The maximum atomic E-state index is 3.61. The molecule has 0 amide bonds. The van der Waals surface area contributed by atoms with E-state index in [-0.39, 0.29) is 0 Å². The van der Waals surface area contributed by atoms with Crippen LogP contribution in [-0.2, 0) is 6.42 Å². The minimum absolute atomic E-state index is 0.675. The zero-order valence-electron chi connectivity index (χ0n) is 9.42. The van der Waals surface area contributed by atoms with Gasteiger partial charge in [-0.25, -0.2) is 0 Å². The van der Waals surface area contributed by atoms with E-state index >= 15 is 0 Å². The molecule has 0 aliphatic heterocycles. The molecule has 0 aliphatic rings. The van der Waals surface area contributed by atoms with Gasteiger partial charge in [-0.05, 0) is 47.7 Å². The molecule has 1 atom stereocenters. The number of thiophene rings is 1. The second kappa shape index (κ2) is 6.20. The van der Waals surface area contributed by atoms with Gasteiger partial charge >= 0.3 is 0 Å². The lowest BCUT2D eigenvalue weighted by atomic mass is 10.0. The SMILES string of the molecule is CCC(NCCc1ccsc1)C(C)C. The van der Waals surface area contributed by atoms with Crippen molar-refractivity contribution in [2.75, 3.05) is 6.54 Å². The van der Waals surface area contributed by atoms with Crippen LogP contribution in [0.2, 0.25) is 0 Å². The zero-order valence-corrected chi connectivity index (χ0v) is 10.2. The Bertz CT molecular complexity index is 228. The number of nitrogens with one attached hydrogen (secondary N) is 1. The molecule has 1 heterocycles. The Morgan fingerprint density at radius 2 is 2.21 bits per heavy atom. The molecule has 0 saturated carbocycles. The molecule has 1 N–H and O–H groups in total. The first-order valence-electron chi connectivity index (χ1n) is 5.48. The minimum Gasteiger partial charge on any atom is -0.313 e. The Hall–Kier alpha value is -0.340. The van der Waals surface area contributed by atoms with Gasteiger partial charge in [0.1, 0.15) is 0 Å². The Morgan fingerprint density at radius 1 is 1.43 bits per heavy atom. The molecule has 0 aliphatic carbocycles. The first-order chi connectivity index (χ1) is 6.74. The predicted octanol–water partition coefficient (Wildman–Crippen LogP) is 3.31. The van der Waals surface area contributed by atoms with E-state index in [1.54, 1.807) is 11.3 Å². The molecule has 1 nitrogen and oxygen atoms in total. The Morgan fingerprint density at radius 3 is 2.71 bits per heavy atom. The fourth-order valence-corrected chi connectivity index (χ4v) is 2.39. The van der Waals surface area contributed by atoms with Crippen LogP contribution < -0.4 is 5.32 Å². The Kier molecular flexibility index (Phi) is 5.20. The summed E-state index contributed by atoms with van der Waals surface area (Å²) in [6.07, 6.45) is 2.38. The molecule has 2 heteroatoms. The third-order valence-electron chi connectivity index (χ3n) is 2.64. The van der Waals surface area contributed by atoms with Gasteiger partial charge in [0.25, 0.3) is 0 Å². The molecule has 1 aromatic heterocycles. The van der Waals surface area contributed by atoms with Crippen molar-refractivity contribution < 1.29 is 0 Å². The van der Waals surface area contributed by atoms with Crippen molar-refractivity contribution in [1.82, 2.24) is 5.32 Å². The second-order valence-corrected chi connectivity index (χ2v) is 4.87. The van der Waals surface area contributed by atoms with Gasteiger partial charge < -0.3 is 5.32 Å². The topological polar surface area (TPSA) is 12.0 Å². The maximum Gasteiger partial charge on any atom is 0.00875 e. The molecule has 0 radical (unpaired) electrons. The second-order valence-electron chi connectivity index (χ2n) is 4.09. The van der Waals surface area contributed by atoms with E-state index in [1.807, 2.05) is 0 Å². The molecule has 0 aromatic carbocycles. The Balaban J connectivity index is 2.20. The minimum atomic E-state index is 0.675. The van der Waals surface area contributed by atoms with Crippen LogP contribution >= 0.6 is 11.3 Å². The quantitative estimate of drug-likeness (QED) is 0.761. The summed E-state index contributed by atoms with van der Waals surface area (Å²) in [5, 5.41) is 7.99. The third kappa shape index (κ3) is 3.81. The molecule has 1 aromatic rings. The number of hydrogen-bond acceptors (Lipinski definition) is 2. The average molecular weight is 211 g/mol. The summed E-state index contributed by atoms with van der Waals surface area (Å²) in [6, 6.07) is 2.89. The first kappa shape index (κ1) is 11.7. The maximum absolute atomic E-state index is 3.61. The van der Waals surface area contributed by atoms with E-state index in [0.29, 0.717) is 6.04 Å². The highest BCUT2D eigenvalue weighted by Gasteiger charge is 2.08. The van der Waals surface area contributed by atoms with Crippen LogP contribution in [0.5, 0.6) is 0 Å². The van der Waals surface area contributed by atoms with Crippen molar-refractivity contribution in [3.8, 4) is 0 Å². The summed E-state index contributed by atoms with van der Waals surface area (Å²) in [7, 11) is 0. The van der Waals surface area contributed by atoms with Crippen molar-refractivity contribution in [1.29, 1.82) is 0 Å². The fraction of sp³-hybridized carbons (Fsp3) is 0.667. The molecule has 0 spiro atoms. The molecular formula is C12H21NS. The third-order valence-corrected chi connectivity index (χ3v) is 3.38. The Labute approximate surface area is 91.5 Å². The highest BCUT2D eigenvalue weighted by molar-refractivity contribution is 7.07. The van der Waals surface area contributed by atoms with Crippen LogP contribution in [0.25, 0.3) is 0 Å². The zero-order chi connectivity index (χ0) is 10.4. The molecule has 80 valence electrons. The van der Waals surface area contributed by atoms with E-state index < -0.39 is 0 Å². The predicted molar refractivity (Wildman–Crippen MR) is 64.9 cm³/mol.